The van der Waals surface area contributed by atoms with Crippen LogP contribution in [0.1, 0.15) is 69.9 Å². The molecule has 0 bridgehead atoms. The second-order valence-corrected chi connectivity index (χ2v) is 7.38. The van der Waals surface area contributed by atoms with E-state index in [9.17, 15) is 9.59 Å². The Bertz CT molecular complexity index is 828. The van der Waals surface area contributed by atoms with Gasteiger partial charge >= 0.3 is 0 Å². The van der Waals surface area contributed by atoms with E-state index in [4.69, 9.17) is 11.6 Å². The molecule has 1 saturated carbocycles. The topological polar surface area (TPSA) is 34.1 Å². The monoisotopic (exact) mass is 366 g/mol. The van der Waals surface area contributed by atoms with E-state index in [1.165, 1.54) is 37.7 Å². The van der Waals surface area contributed by atoms with Gasteiger partial charge in [-0.15, -0.1) is 0 Å². The van der Waals surface area contributed by atoms with Gasteiger partial charge < -0.3 is 0 Å². The minimum absolute atomic E-state index is 0.0105. The molecule has 0 saturated heterocycles. The maximum absolute atomic E-state index is 11.4. The summed E-state index contributed by atoms with van der Waals surface area (Å²) < 4.78 is 0. The lowest BCUT2D eigenvalue weighted by Crippen LogP contribution is -2.13. The van der Waals surface area contributed by atoms with Gasteiger partial charge in [-0.25, -0.2) is 0 Å². The van der Waals surface area contributed by atoms with E-state index in [0.29, 0.717) is 11.1 Å². The Balaban J connectivity index is 0.000000151. The number of hydrogen-bond donors (Lipinski definition) is 0. The number of allylic oxidation sites excluding steroid dienone is 2. The summed E-state index contributed by atoms with van der Waals surface area (Å²) in [6, 6.07) is 15.8. The number of benzene rings is 2. The minimum Gasteiger partial charge on any atom is -0.289 e. The van der Waals surface area contributed by atoms with Crippen molar-refractivity contribution in [3.63, 3.8) is 0 Å². The zero-order chi connectivity index (χ0) is 18.5. The molecule has 0 amide bonds. The number of halogens is 1. The van der Waals surface area contributed by atoms with E-state index >= 15 is 0 Å². The molecule has 1 fully saturated rings. The van der Waals surface area contributed by atoms with Crippen LogP contribution in [0, 0.1) is 6.92 Å². The highest BCUT2D eigenvalue weighted by Crippen LogP contribution is 2.32. The molecule has 2 aromatic rings. The molecule has 0 aliphatic heterocycles. The molecular weight excluding hydrogens is 344 g/mol. The van der Waals surface area contributed by atoms with Gasteiger partial charge in [-0.05, 0) is 31.2 Å². The molecule has 26 heavy (non-hydrogen) atoms. The molecule has 2 nitrogen and oxygen atoms in total. The summed E-state index contributed by atoms with van der Waals surface area (Å²) in [6.07, 6.45) is 8.28. The fraction of sp³-hybridized carbons (Fsp3) is 0.304. The van der Waals surface area contributed by atoms with E-state index in [1.54, 1.807) is 29.8 Å². The molecule has 0 heterocycles. The van der Waals surface area contributed by atoms with Gasteiger partial charge in [0.2, 0.25) is 5.78 Å². The summed E-state index contributed by atoms with van der Waals surface area (Å²) >= 11 is 5.58. The van der Waals surface area contributed by atoms with Gasteiger partial charge in [0.05, 0.1) is 5.03 Å². The Morgan fingerprint density at radius 2 is 1.46 bits per heavy atom. The van der Waals surface area contributed by atoms with E-state index in [0.717, 1.165) is 12.0 Å². The molecule has 0 spiro atoms. The van der Waals surface area contributed by atoms with Crippen molar-refractivity contribution in [2.75, 3.05) is 0 Å². The maximum atomic E-state index is 11.4. The number of rotatable bonds is 1. The summed E-state index contributed by atoms with van der Waals surface area (Å²) in [6.45, 7) is 2.16. The molecule has 134 valence electrons. The van der Waals surface area contributed by atoms with E-state index in [1.807, 2.05) is 0 Å². The predicted molar refractivity (Wildman–Crippen MR) is 106 cm³/mol. The van der Waals surface area contributed by atoms with Gasteiger partial charge in [0.1, 0.15) is 0 Å². The Hall–Kier alpha value is -2.19. The van der Waals surface area contributed by atoms with Crippen LogP contribution in [0.3, 0.4) is 0 Å². The first-order valence-electron chi connectivity index (χ1n) is 9.18. The first kappa shape index (κ1) is 18.6. The van der Waals surface area contributed by atoms with Crippen LogP contribution >= 0.6 is 11.6 Å². The zero-order valence-corrected chi connectivity index (χ0v) is 15.8. The van der Waals surface area contributed by atoms with Gasteiger partial charge in [-0.1, -0.05) is 85.0 Å². The quantitative estimate of drug-likeness (QED) is 0.599. The molecule has 3 heteroatoms. The van der Waals surface area contributed by atoms with Crippen molar-refractivity contribution in [3.05, 3.63) is 81.9 Å². The number of carbonyl (C=O) groups excluding carboxylic acids is 2. The number of carbonyl (C=O) groups is 2. The van der Waals surface area contributed by atoms with Crippen molar-refractivity contribution in [3.8, 4) is 0 Å². The molecule has 4 rings (SSSR count). The molecule has 0 N–H and O–H groups in total. The summed E-state index contributed by atoms with van der Waals surface area (Å²) in [5.74, 6) is 0.367. The number of Topliss-reactive ketones (excluding diaryl/α,β-unsaturated/α-hetero) is 1. The van der Waals surface area contributed by atoms with Crippen molar-refractivity contribution >= 4 is 23.2 Å². The molecule has 0 radical (unpaired) electrons. The zero-order valence-electron chi connectivity index (χ0n) is 15.0. The first-order chi connectivity index (χ1) is 12.6. The van der Waals surface area contributed by atoms with Crippen molar-refractivity contribution in [2.45, 2.75) is 44.9 Å². The van der Waals surface area contributed by atoms with Crippen LogP contribution in [-0.2, 0) is 0 Å². The molecule has 0 aromatic heterocycles. The van der Waals surface area contributed by atoms with E-state index < -0.39 is 0 Å². The summed E-state index contributed by atoms with van der Waals surface area (Å²) in [5.41, 5.74) is 3.75. The fourth-order valence-electron chi connectivity index (χ4n) is 3.56. The largest absolute Gasteiger partial charge is 0.289 e. The number of aryl methyl sites for hydroxylation is 1. The van der Waals surface area contributed by atoms with Gasteiger partial charge in [-0.2, -0.15) is 0 Å². The molecule has 2 aliphatic rings. The van der Waals surface area contributed by atoms with Crippen molar-refractivity contribution in [2.24, 2.45) is 0 Å². The average Bonchev–Trinajstić information content (AvgIpc) is 2.68. The Morgan fingerprint density at radius 1 is 0.846 bits per heavy atom. The molecule has 0 unspecified atom stereocenters. The van der Waals surface area contributed by atoms with Crippen LogP contribution in [0.25, 0.3) is 0 Å². The van der Waals surface area contributed by atoms with Gasteiger partial charge in [-0.3, -0.25) is 9.59 Å². The highest BCUT2D eigenvalue weighted by molar-refractivity contribution is 6.48. The van der Waals surface area contributed by atoms with Crippen molar-refractivity contribution in [1.29, 1.82) is 0 Å². The highest BCUT2D eigenvalue weighted by Gasteiger charge is 2.23. The Kier molecular flexibility index (Phi) is 6.05. The van der Waals surface area contributed by atoms with Crippen LogP contribution in [0.4, 0.5) is 0 Å². The summed E-state index contributed by atoms with van der Waals surface area (Å²) in [5, 5.41) is -0.0105. The maximum Gasteiger partial charge on any atom is 0.205 e. The minimum atomic E-state index is -0.281. The van der Waals surface area contributed by atoms with Gasteiger partial charge in [0.25, 0.3) is 0 Å². The van der Waals surface area contributed by atoms with Crippen molar-refractivity contribution in [1.82, 2.24) is 0 Å². The summed E-state index contributed by atoms with van der Waals surface area (Å²) in [7, 11) is 0. The van der Waals surface area contributed by atoms with Gasteiger partial charge in [0.15, 0.2) is 5.78 Å². The third-order valence-corrected chi connectivity index (χ3v) is 5.35. The van der Waals surface area contributed by atoms with Crippen molar-refractivity contribution < 1.29 is 9.59 Å². The molecule has 2 aliphatic carbocycles. The number of fused-ring (bicyclic) bond motifs is 1. The Labute approximate surface area is 159 Å². The second kappa shape index (κ2) is 8.46. The molecule has 0 atom stereocenters. The lowest BCUT2D eigenvalue weighted by atomic mass is 9.84. The van der Waals surface area contributed by atoms with Crippen LogP contribution in [0.2, 0.25) is 0 Å². The number of hydrogen-bond acceptors (Lipinski definition) is 2. The highest BCUT2D eigenvalue weighted by atomic mass is 35.5. The number of ketones is 2. The third kappa shape index (κ3) is 4.31. The van der Waals surface area contributed by atoms with Gasteiger partial charge in [0, 0.05) is 17.2 Å². The lowest BCUT2D eigenvalue weighted by Gasteiger charge is -2.21. The second-order valence-electron chi connectivity index (χ2n) is 6.98. The van der Waals surface area contributed by atoms with E-state index in [2.05, 4.69) is 31.2 Å². The standard InChI is InChI=1S/C13H18.C10H5ClO2/c1-11-7-9-13(10-8-11)12-5-3-2-4-6-12;11-8-5-9(12)6-3-1-2-4-7(6)10(8)13/h7-10,12H,2-6H2,1H3;1-5H. The normalized spacial score (nSPS) is 17.1. The van der Waals surface area contributed by atoms with Crippen LogP contribution in [0.5, 0.6) is 0 Å². The fourth-order valence-corrected chi connectivity index (χ4v) is 3.76. The van der Waals surface area contributed by atoms with Crippen LogP contribution in [-0.4, -0.2) is 11.6 Å². The SMILES string of the molecule is Cc1ccc(C2CCCCC2)cc1.O=C1C=C(Cl)C(=O)c2ccccc21. The van der Waals surface area contributed by atoms with E-state index in [-0.39, 0.29) is 16.6 Å². The summed E-state index contributed by atoms with van der Waals surface area (Å²) in [4.78, 5) is 22.7. The third-order valence-electron chi connectivity index (χ3n) is 5.07. The van der Waals surface area contributed by atoms with Crippen LogP contribution < -0.4 is 0 Å². The Morgan fingerprint density at radius 3 is 2.12 bits per heavy atom. The first-order valence-corrected chi connectivity index (χ1v) is 9.56. The molecule has 2 aromatic carbocycles. The predicted octanol–water partition coefficient (Wildman–Crippen LogP) is 6.23. The lowest BCUT2D eigenvalue weighted by molar-refractivity contribution is 0.0990. The molecular formula is C23H23ClO2. The smallest absolute Gasteiger partial charge is 0.205 e. The average molecular weight is 367 g/mol. The van der Waals surface area contributed by atoms with Crippen LogP contribution in [0.15, 0.2) is 59.6 Å².